The van der Waals surface area contributed by atoms with Crippen molar-refractivity contribution in [1.82, 2.24) is 4.90 Å². The number of carboxylic acids is 1. The molecule has 0 atom stereocenters. The zero-order valence-electron chi connectivity index (χ0n) is 17.0. The number of nitrogens with zero attached hydrogens (tertiary/aromatic N) is 2. The molecule has 0 spiro atoms. The first-order valence-corrected chi connectivity index (χ1v) is 10.2. The minimum absolute atomic E-state index is 0.129. The van der Waals surface area contributed by atoms with Crippen LogP contribution in [-0.4, -0.2) is 47.3 Å². The highest BCUT2D eigenvalue weighted by Crippen LogP contribution is 2.35. The first-order chi connectivity index (χ1) is 15.0. The largest absolute Gasteiger partial charge is 0.493 e. The van der Waals surface area contributed by atoms with Crippen molar-refractivity contribution in [3.05, 3.63) is 58.5 Å². The Balaban J connectivity index is 1.87. The normalized spacial score (nSPS) is 15.9. The highest BCUT2D eigenvalue weighted by Gasteiger charge is 2.32. The van der Waals surface area contributed by atoms with E-state index in [0.717, 1.165) is 5.56 Å². The summed E-state index contributed by atoms with van der Waals surface area (Å²) in [4.78, 5) is 30.5. The van der Waals surface area contributed by atoms with Crippen molar-refractivity contribution in [1.29, 1.82) is 0 Å². The molecular weight excluding hydrogens is 416 g/mol. The Labute approximate surface area is 184 Å². The maximum Gasteiger partial charge on any atom is 0.335 e. The van der Waals surface area contributed by atoms with Crippen molar-refractivity contribution in [2.75, 3.05) is 20.3 Å². The van der Waals surface area contributed by atoms with Gasteiger partial charge in [-0.15, -0.1) is 6.42 Å². The fraction of sp³-hybridized carbons (Fsp3) is 0.174. The van der Waals surface area contributed by atoms with Crippen LogP contribution in [0, 0.1) is 12.3 Å². The Hall–Kier alpha value is -3.70. The lowest BCUT2D eigenvalue weighted by molar-refractivity contribution is -0.122. The number of carbonyl (C=O) groups is 2. The predicted octanol–water partition coefficient (Wildman–Crippen LogP) is 4.03. The number of thioether (sulfide) groups is 1. The summed E-state index contributed by atoms with van der Waals surface area (Å²) in [6.07, 6.45) is 6.99. The lowest BCUT2D eigenvalue weighted by Crippen LogP contribution is -2.28. The number of carbonyl (C=O) groups excluding carboxylic acids is 1. The first-order valence-electron chi connectivity index (χ1n) is 9.34. The second-order valence-corrected chi connectivity index (χ2v) is 7.32. The Kier molecular flexibility index (Phi) is 7.00. The van der Waals surface area contributed by atoms with Crippen molar-refractivity contribution in [3.63, 3.8) is 0 Å². The van der Waals surface area contributed by atoms with Crippen molar-refractivity contribution in [2.24, 2.45) is 4.99 Å². The van der Waals surface area contributed by atoms with Crippen LogP contribution in [0.1, 0.15) is 22.8 Å². The van der Waals surface area contributed by atoms with Crippen LogP contribution in [0.4, 0.5) is 5.69 Å². The molecule has 31 heavy (non-hydrogen) atoms. The topological polar surface area (TPSA) is 88.4 Å². The molecule has 7 nitrogen and oxygen atoms in total. The van der Waals surface area contributed by atoms with E-state index in [4.69, 9.17) is 21.0 Å². The van der Waals surface area contributed by atoms with E-state index in [1.54, 1.807) is 35.2 Å². The van der Waals surface area contributed by atoms with Gasteiger partial charge in [-0.2, -0.15) is 0 Å². The average Bonchev–Trinajstić information content (AvgIpc) is 3.06. The van der Waals surface area contributed by atoms with Crippen LogP contribution >= 0.6 is 11.8 Å². The zero-order valence-corrected chi connectivity index (χ0v) is 17.8. The summed E-state index contributed by atoms with van der Waals surface area (Å²) < 4.78 is 10.8. The number of carboxylic acid groups (broad SMARTS) is 1. The molecule has 8 heteroatoms. The smallest absolute Gasteiger partial charge is 0.335 e. The highest BCUT2D eigenvalue weighted by molar-refractivity contribution is 8.18. The van der Waals surface area contributed by atoms with Crippen molar-refractivity contribution >= 4 is 40.6 Å². The molecule has 1 aliphatic heterocycles. The van der Waals surface area contributed by atoms with Crippen molar-refractivity contribution in [3.8, 4) is 23.8 Å². The van der Waals surface area contributed by atoms with Crippen LogP contribution in [0.2, 0.25) is 0 Å². The number of benzene rings is 2. The van der Waals surface area contributed by atoms with Gasteiger partial charge >= 0.3 is 5.97 Å². The van der Waals surface area contributed by atoms with Crippen molar-refractivity contribution < 1.29 is 24.2 Å². The molecule has 1 N–H and O–H groups in total. The van der Waals surface area contributed by atoms with E-state index < -0.39 is 5.97 Å². The van der Waals surface area contributed by atoms with Gasteiger partial charge < -0.3 is 14.6 Å². The van der Waals surface area contributed by atoms with Gasteiger partial charge in [0, 0.05) is 6.54 Å². The summed E-state index contributed by atoms with van der Waals surface area (Å²) in [6, 6.07) is 11.5. The third-order valence-corrected chi connectivity index (χ3v) is 5.35. The number of methoxy groups -OCH3 is 1. The summed E-state index contributed by atoms with van der Waals surface area (Å²) in [5, 5.41) is 9.55. The summed E-state index contributed by atoms with van der Waals surface area (Å²) >= 11 is 1.26. The molecule has 0 radical (unpaired) electrons. The monoisotopic (exact) mass is 436 g/mol. The van der Waals surface area contributed by atoms with Crippen molar-refractivity contribution in [2.45, 2.75) is 6.92 Å². The van der Waals surface area contributed by atoms with Crippen LogP contribution in [0.3, 0.4) is 0 Å². The fourth-order valence-corrected chi connectivity index (χ4v) is 3.89. The number of amides is 1. The first kappa shape index (κ1) is 22.0. The van der Waals surface area contributed by atoms with Crippen LogP contribution in [0.25, 0.3) is 6.08 Å². The number of hydrogen-bond donors (Lipinski definition) is 1. The Morgan fingerprint density at radius 2 is 2.00 bits per heavy atom. The van der Waals surface area contributed by atoms with Crippen LogP contribution in [-0.2, 0) is 4.79 Å². The van der Waals surface area contributed by atoms with Gasteiger partial charge in [0.2, 0.25) is 0 Å². The molecule has 0 bridgehead atoms. The molecule has 2 aromatic carbocycles. The standard InChI is InChI=1S/C23H20N2O5S/c1-4-12-30-18-11-6-15(13-19(18)29-3)14-20-21(26)25(5-2)23(31-20)24-17-9-7-16(8-10-17)22(27)28/h1,6-11,13-14H,5,12H2,2-3H3,(H,27,28)/b20-14-,24-23?. The summed E-state index contributed by atoms with van der Waals surface area (Å²) in [7, 11) is 1.53. The number of rotatable bonds is 7. The molecule has 0 unspecified atom stereocenters. The number of terminal acetylenes is 1. The predicted molar refractivity (Wildman–Crippen MR) is 121 cm³/mol. The zero-order chi connectivity index (χ0) is 22.4. The van der Waals surface area contributed by atoms with E-state index in [9.17, 15) is 9.59 Å². The van der Waals surface area contributed by atoms with Gasteiger partial charge in [-0.25, -0.2) is 9.79 Å². The molecule has 0 saturated carbocycles. The maximum absolute atomic E-state index is 12.8. The number of aromatic carboxylic acids is 1. The molecule has 1 heterocycles. The lowest BCUT2D eigenvalue weighted by atomic mass is 10.2. The van der Waals surface area contributed by atoms with E-state index in [-0.39, 0.29) is 18.1 Å². The Bertz CT molecular complexity index is 1100. The van der Waals surface area contributed by atoms with E-state index in [0.29, 0.717) is 33.8 Å². The van der Waals surface area contributed by atoms with E-state index in [1.165, 1.54) is 31.0 Å². The van der Waals surface area contributed by atoms with Gasteiger partial charge in [0.1, 0.15) is 6.61 Å². The molecular formula is C23H20N2O5S. The fourth-order valence-electron chi connectivity index (χ4n) is 2.82. The SMILES string of the molecule is C#CCOc1ccc(/C=C2\SC(=Nc3ccc(C(=O)O)cc3)N(CC)C2=O)cc1OC. The number of ether oxygens (including phenoxy) is 2. The molecule has 158 valence electrons. The molecule has 1 saturated heterocycles. The van der Waals surface area contributed by atoms with Gasteiger partial charge in [0.05, 0.1) is 23.3 Å². The number of hydrogen-bond acceptors (Lipinski definition) is 6. The second-order valence-electron chi connectivity index (χ2n) is 6.31. The molecule has 3 rings (SSSR count). The molecule has 0 aliphatic carbocycles. The molecule has 2 aromatic rings. The minimum Gasteiger partial charge on any atom is -0.493 e. The molecule has 0 aromatic heterocycles. The maximum atomic E-state index is 12.8. The summed E-state index contributed by atoms with van der Waals surface area (Å²) in [5.41, 5.74) is 1.51. The number of amidine groups is 1. The summed E-state index contributed by atoms with van der Waals surface area (Å²) in [6.45, 7) is 2.45. The molecule has 1 aliphatic rings. The third-order valence-electron chi connectivity index (χ3n) is 4.34. The molecule has 1 amide bonds. The lowest BCUT2D eigenvalue weighted by Gasteiger charge is -2.12. The van der Waals surface area contributed by atoms with Gasteiger partial charge in [0.25, 0.3) is 5.91 Å². The highest BCUT2D eigenvalue weighted by atomic mass is 32.2. The van der Waals surface area contributed by atoms with E-state index in [2.05, 4.69) is 10.9 Å². The average molecular weight is 436 g/mol. The third kappa shape index (κ3) is 5.08. The van der Waals surface area contributed by atoms with E-state index in [1.807, 2.05) is 13.0 Å². The summed E-state index contributed by atoms with van der Waals surface area (Å²) in [5.74, 6) is 2.29. The Morgan fingerprint density at radius 3 is 2.61 bits per heavy atom. The van der Waals surface area contributed by atoms with Gasteiger partial charge in [-0.1, -0.05) is 12.0 Å². The Morgan fingerprint density at radius 1 is 1.26 bits per heavy atom. The van der Waals surface area contributed by atoms with Gasteiger partial charge in [-0.3, -0.25) is 9.69 Å². The van der Waals surface area contributed by atoms with Crippen LogP contribution in [0.15, 0.2) is 52.4 Å². The molecule has 1 fully saturated rings. The van der Waals surface area contributed by atoms with E-state index >= 15 is 0 Å². The quantitative estimate of drug-likeness (QED) is 0.521. The van der Waals surface area contributed by atoms with Gasteiger partial charge in [0.15, 0.2) is 16.7 Å². The minimum atomic E-state index is -1.00. The number of aliphatic imine (C=N–C) groups is 1. The number of likely N-dealkylation sites (N-methyl/N-ethyl adjacent to an activating group) is 1. The van der Waals surface area contributed by atoms with Gasteiger partial charge in [-0.05, 0) is 66.7 Å². The second kappa shape index (κ2) is 9.87. The van der Waals surface area contributed by atoms with Crippen LogP contribution in [0.5, 0.6) is 11.5 Å². The van der Waals surface area contributed by atoms with Crippen LogP contribution < -0.4 is 9.47 Å².